The molecular formula is C23H28N4O4. The molecule has 1 saturated heterocycles. The minimum absolute atomic E-state index is 0.146. The summed E-state index contributed by atoms with van der Waals surface area (Å²) in [7, 11) is 3.21. The predicted molar refractivity (Wildman–Crippen MR) is 119 cm³/mol. The number of nitrogens with zero attached hydrogens (tertiary/aromatic N) is 3. The van der Waals surface area contributed by atoms with Crippen LogP contribution in [0.15, 0.2) is 48.5 Å². The number of nitrogens with one attached hydrogen (secondary N) is 1. The number of non-ortho nitro benzene ring substituents is 1. The maximum atomic E-state index is 12.8. The number of piperidine rings is 1. The fraction of sp³-hybridized carbons (Fsp3) is 0.391. The van der Waals surface area contributed by atoms with Crippen molar-refractivity contribution in [2.24, 2.45) is 5.92 Å². The van der Waals surface area contributed by atoms with Crippen LogP contribution in [-0.2, 0) is 11.2 Å². The average molecular weight is 425 g/mol. The smallest absolute Gasteiger partial charge is 0.270 e. The Morgan fingerprint density at radius 3 is 2.42 bits per heavy atom. The van der Waals surface area contributed by atoms with Gasteiger partial charge in [0.2, 0.25) is 5.91 Å². The highest BCUT2D eigenvalue weighted by Crippen LogP contribution is 2.30. The molecule has 0 aromatic heterocycles. The highest BCUT2D eigenvalue weighted by atomic mass is 16.6. The number of anilines is 1. The number of carbonyl (C=O) groups excluding carboxylic acids is 2. The second kappa shape index (κ2) is 10.1. The third-order valence-corrected chi connectivity index (χ3v) is 5.66. The predicted octanol–water partition coefficient (Wildman–Crippen LogP) is 2.87. The van der Waals surface area contributed by atoms with E-state index in [1.54, 1.807) is 20.2 Å². The molecule has 1 heterocycles. The van der Waals surface area contributed by atoms with E-state index in [2.05, 4.69) is 22.3 Å². The molecule has 1 fully saturated rings. The lowest BCUT2D eigenvalue weighted by atomic mass is 9.89. The summed E-state index contributed by atoms with van der Waals surface area (Å²) in [6, 6.07) is 14.7. The minimum atomic E-state index is -0.516. The third kappa shape index (κ3) is 5.81. The van der Waals surface area contributed by atoms with Gasteiger partial charge in [-0.05, 0) is 36.8 Å². The number of rotatable bonds is 7. The molecule has 164 valence electrons. The summed E-state index contributed by atoms with van der Waals surface area (Å²) in [5.41, 5.74) is 2.06. The van der Waals surface area contributed by atoms with E-state index in [0.717, 1.165) is 32.4 Å². The minimum Gasteiger partial charge on any atom is -0.371 e. The lowest BCUT2D eigenvalue weighted by Gasteiger charge is -2.34. The number of amides is 2. The maximum absolute atomic E-state index is 12.8. The van der Waals surface area contributed by atoms with Gasteiger partial charge >= 0.3 is 0 Å². The van der Waals surface area contributed by atoms with Gasteiger partial charge in [0.25, 0.3) is 11.6 Å². The van der Waals surface area contributed by atoms with Crippen molar-refractivity contribution in [2.45, 2.75) is 19.3 Å². The number of hydrogen-bond acceptors (Lipinski definition) is 5. The van der Waals surface area contributed by atoms with Crippen LogP contribution in [0.5, 0.6) is 0 Å². The van der Waals surface area contributed by atoms with Crippen LogP contribution in [0.4, 0.5) is 11.4 Å². The van der Waals surface area contributed by atoms with Gasteiger partial charge in [0, 0.05) is 39.3 Å². The SMILES string of the molecule is CN(C)C(=O)CNC(=O)c1cc([N+](=O)[O-])ccc1N1CCC(Cc2ccccc2)CC1. The van der Waals surface area contributed by atoms with Crippen molar-refractivity contribution in [3.05, 3.63) is 69.8 Å². The van der Waals surface area contributed by atoms with Gasteiger partial charge < -0.3 is 15.1 Å². The fourth-order valence-electron chi connectivity index (χ4n) is 3.83. The Hall–Kier alpha value is -3.42. The molecule has 1 aliphatic rings. The molecule has 0 unspecified atom stereocenters. The van der Waals surface area contributed by atoms with E-state index >= 15 is 0 Å². The van der Waals surface area contributed by atoms with Gasteiger partial charge in [0.15, 0.2) is 0 Å². The van der Waals surface area contributed by atoms with Crippen LogP contribution in [0.2, 0.25) is 0 Å². The van der Waals surface area contributed by atoms with Gasteiger partial charge in [-0.2, -0.15) is 0 Å². The summed E-state index contributed by atoms with van der Waals surface area (Å²) >= 11 is 0. The monoisotopic (exact) mass is 424 g/mol. The normalized spacial score (nSPS) is 14.2. The van der Waals surface area contributed by atoms with Crippen molar-refractivity contribution in [1.29, 1.82) is 0 Å². The highest BCUT2D eigenvalue weighted by molar-refractivity contribution is 6.02. The van der Waals surface area contributed by atoms with E-state index in [4.69, 9.17) is 0 Å². The second-order valence-electron chi connectivity index (χ2n) is 8.05. The van der Waals surface area contributed by atoms with Crippen LogP contribution < -0.4 is 10.2 Å². The number of carbonyl (C=O) groups is 2. The first kappa shape index (κ1) is 22.3. The van der Waals surface area contributed by atoms with E-state index in [1.165, 1.54) is 22.6 Å². The molecule has 0 bridgehead atoms. The number of nitro benzene ring substituents is 1. The Labute approximate surface area is 182 Å². The molecule has 0 atom stereocenters. The van der Waals surface area contributed by atoms with Crippen LogP contribution in [-0.4, -0.2) is 55.4 Å². The average Bonchev–Trinajstić information content (AvgIpc) is 2.78. The standard InChI is InChI=1S/C23H28N4O4/c1-25(2)22(28)16-24-23(29)20-15-19(27(30)31)8-9-21(20)26-12-10-18(11-13-26)14-17-6-4-3-5-7-17/h3-9,15,18H,10-14,16H2,1-2H3,(H,24,29). The first-order valence-electron chi connectivity index (χ1n) is 10.4. The molecule has 2 aromatic rings. The summed E-state index contributed by atoms with van der Waals surface area (Å²) in [6.45, 7) is 1.38. The summed E-state index contributed by atoms with van der Waals surface area (Å²) in [6.07, 6.45) is 2.98. The van der Waals surface area contributed by atoms with E-state index in [1.807, 2.05) is 18.2 Å². The fourth-order valence-corrected chi connectivity index (χ4v) is 3.83. The first-order valence-corrected chi connectivity index (χ1v) is 10.4. The number of benzene rings is 2. The highest BCUT2D eigenvalue weighted by Gasteiger charge is 2.25. The van der Waals surface area contributed by atoms with Crippen LogP contribution in [0.3, 0.4) is 0 Å². The van der Waals surface area contributed by atoms with Crippen LogP contribution in [0, 0.1) is 16.0 Å². The molecule has 0 radical (unpaired) electrons. The maximum Gasteiger partial charge on any atom is 0.270 e. The van der Waals surface area contributed by atoms with Crippen LogP contribution in [0.1, 0.15) is 28.8 Å². The van der Waals surface area contributed by atoms with Crippen molar-refractivity contribution in [3.8, 4) is 0 Å². The Balaban J connectivity index is 1.72. The summed E-state index contributed by atoms with van der Waals surface area (Å²) < 4.78 is 0. The molecule has 0 saturated carbocycles. The molecule has 0 spiro atoms. The molecule has 8 nitrogen and oxygen atoms in total. The number of nitro groups is 1. The summed E-state index contributed by atoms with van der Waals surface area (Å²) in [5, 5.41) is 13.8. The molecule has 2 aromatic carbocycles. The molecule has 2 amide bonds. The van der Waals surface area contributed by atoms with Gasteiger partial charge in [-0.1, -0.05) is 30.3 Å². The third-order valence-electron chi connectivity index (χ3n) is 5.66. The quantitative estimate of drug-likeness (QED) is 0.545. The van der Waals surface area contributed by atoms with Crippen LogP contribution >= 0.6 is 0 Å². The second-order valence-corrected chi connectivity index (χ2v) is 8.05. The lowest BCUT2D eigenvalue weighted by Crippen LogP contribution is -2.38. The van der Waals surface area contributed by atoms with Crippen molar-refractivity contribution >= 4 is 23.2 Å². The molecule has 3 rings (SSSR count). The molecule has 0 aliphatic carbocycles. The zero-order chi connectivity index (χ0) is 22.4. The van der Waals surface area contributed by atoms with Gasteiger partial charge in [-0.25, -0.2) is 0 Å². The summed E-state index contributed by atoms with van der Waals surface area (Å²) in [5.74, 6) is -0.172. The number of hydrogen-bond donors (Lipinski definition) is 1. The Morgan fingerprint density at radius 1 is 1.13 bits per heavy atom. The van der Waals surface area contributed by atoms with Crippen molar-refractivity contribution < 1.29 is 14.5 Å². The van der Waals surface area contributed by atoms with Gasteiger partial charge in [-0.3, -0.25) is 19.7 Å². The van der Waals surface area contributed by atoms with E-state index in [9.17, 15) is 19.7 Å². The van der Waals surface area contributed by atoms with Crippen LogP contribution in [0.25, 0.3) is 0 Å². The molecular weight excluding hydrogens is 396 g/mol. The van der Waals surface area contributed by atoms with Crippen molar-refractivity contribution in [2.75, 3.05) is 38.6 Å². The van der Waals surface area contributed by atoms with Gasteiger partial charge in [0.05, 0.1) is 22.7 Å². The van der Waals surface area contributed by atoms with E-state index in [0.29, 0.717) is 11.6 Å². The summed E-state index contributed by atoms with van der Waals surface area (Å²) in [4.78, 5) is 38.8. The molecule has 1 aliphatic heterocycles. The zero-order valence-corrected chi connectivity index (χ0v) is 17.9. The Bertz CT molecular complexity index is 938. The zero-order valence-electron chi connectivity index (χ0n) is 17.9. The van der Waals surface area contributed by atoms with Crippen molar-refractivity contribution in [3.63, 3.8) is 0 Å². The Kier molecular flexibility index (Phi) is 7.23. The molecule has 8 heteroatoms. The number of likely N-dealkylation sites (N-methyl/N-ethyl adjacent to an activating group) is 1. The lowest BCUT2D eigenvalue weighted by molar-refractivity contribution is -0.384. The Morgan fingerprint density at radius 2 is 1.81 bits per heavy atom. The first-order chi connectivity index (χ1) is 14.8. The largest absolute Gasteiger partial charge is 0.371 e. The van der Waals surface area contributed by atoms with E-state index in [-0.39, 0.29) is 23.7 Å². The van der Waals surface area contributed by atoms with Gasteiger partial charge in [0.1, 0.15) is 0 Å². The topological polar surface area (TPSA) is 95.8 Å². The molecule has 31 heavy (non-hydrogen) atoms. The van der Waals surface area contributed by atoms with E-state index < -0.39 is 10.8 Å². The van der Waals surface area contributed by atoms with Gasteiger partial charge in [-0.15, -0.1) is 0 Å². The molecule has 1 N–H and O–H groups in total. The van der Waals surface area contributed by atoms with Crippen molar-refractivity contribution in [1.82, 2.24) is 10.2 Å².